The second kappa shape index (κ2) is 5.71. The number of ketones is 1. The summed E-state index contributed by atoms with van der Waals surface area (Å²) in [5, 5.41) is 11.8. The Morgan fingerprint density at radius 3 is 2.71 bits per heavy atom. The summed E-state index contributed by atoms with van der Waals surface area (Å²) in [5.74, 6) is 2.61. The van der Waals surface area contributed by atoms with E-state index in [4.69, 9.17) is 11.6 Å². The second-order valence-electron chi connectivity index (χ2n) is 8.60. The zero-order chi connectivity index (χ0) is 17.1. The standard InChI is InChI=1S/C21H29ClO2/c1-3-20-11-9-14-13-7-8-18(23)19(22)16(13)6-5-15(14)17(20)10-12-21(20,24)4-2/h4,13-15,17,24H,2-3,5-12H2,1H3/t13-,14-,15-,17+,20+,21+/m1/s1. The maximum Gasteiger partial charge on any atom is 0.174 e. The lowest BCUT2D eigenvalue weighted by molar-refractivity contribution is -0.118. The zero-order valence-electron chi connectivity index (χ0n) is 14.7. The van der Waals surface area contributed by atoms with E-state index < -0.39 is 5.60 Å². The minimum Gasteiger partial charge on any atom is -0.385 e. The Morgan fingerprint density at radius 2 is 2.00 bits per heavy atom. The lowest BCUT2D eigenvalue weighted by Gasteiger charge is -2.56. The van der Waals surface area contributed by atoms with Gasteiger partial charge < -0.3 is 5.11 Å². The summed E-state index contributed by atoms with van der Waals surface area (Å²) >= 11 is 6.38. The number of Topliss-reactive ketones (excluding diaryl/α,β-unsaturated/α-hetero) is 1. The van der Waals surface area contributed by atoms with Crippen LogP contribution in [-0.2, 0) is 4.79 Å². The molecule has 1 N–H and O–H groups in total. The first kappa shape index (κ1) is 16.8. The van der Waals surface area contributed by atoms with Gasteiger partial charge in [-0.2, -0.15) is 0 Å². The van der Waals surface area contributed by atoms with Gasteiger partial charge in [0.05, 0.1) is 10.6 Å². The van der Waals surface area contributed by atoms with E-state index in [1.54, 1.807) is 0 Å². The summed E-state index contributed by atoms with van der Waals surface area (Å²) in [5.41, 5.74) is 0.592. The van der Waals surface area contributed by atoms with E-state index in [1.165, 1.54) is 5.57 Å². The number of allylic oxidation sites excluding steroid dienone is 1. The predicted molar refractivity (Wildman–Crippen MR) is 96.7 cm³/mol. The molecule has 0 saturated heterocycles. The van der Waals surface area contributed by atoms with Gasteiger partial charge in [0, 0.05) is 11.8 Å². The zero-order valence-corrected chi connectivity index (χ0v) is 15.4. The third-order valence-corrected chi connectivity index (χ3v) is 8.74. The Bertz CT molecular complexity index is 609. The molecule has 0 aliphatic heterocycles. The molecule has 0 unspecified atom stereocenters. The smallest absolute Gasteiger partial charge is 0.174 e. The number of carbonyl (C=O) groups is 1. The molecule has 24 heavy (non-hydrogen) atoms. The normalized spacial score (nSPS) is 47.9. The minimum atomic E-state index is -0.687. The molecule has 0 aromatic heterocycles. The third-order valence-electron chi connectivity index (χ3n) is 8.29. The van der Waals surface area contributed by atoms with Crippen molar-refractivity contribution in [1.82, 2.24) is 0 Å². The Labute approximate surface area is 150 Å². The van der Waals surface area contributed by atoms with Crippen molar-refractivity contribution in [3.05, 3.63) is 23.3 Å². The molecule has 0 radical (unpaired) electrons. The predicted octanol–water partition coefficient (Wildman–Crippen LogP) is 5.00. The average molecular weight is 349 g/mol. The van der Waals surface area contributed by atoms with Crippen LogP contribution in [0.15, 0.2) is 23.3 Å². The van der Waals surface area contributed by atoms with Gasteiger partial charge in [0.2, 0.25) is 0 Å². The topological polar surface area (TPSA) is 37.3 Å². The summed E-state index contributed by atoms with van der Waals surface area (Å²) in [6.07, 6.45) is 10.8. The fourth-order valence-electron chi connectivity index (χ4n) is 7.15. The Hall–Kier alpha value is -0.600. The highest BCUT2D eigenvalue weighted by Gasteiger charge is 2.62. The first-order valence-electron chi connectivity index (χ1n) is 9.75. The van der Waals surface area contributed by atoms with Crippen molar-refractivity contribution in [2.24, 2.45) is 29.1 Å². The van der Waals surface area contributed by atoms with E-state index in [-0.39, 0.29) is 11.2 Å². The molecule has 3 heteroatoms. The van der Waals surface area contributed by atoms with E-state index in [9.17, 15) is 9.90 Å². The molecule has 132 valence electrons. The van der Waals surface area contributed by atoms with Crippen LogP contribution in [0.25, 0.3) is 0 Å². The number of hydrogen-bond donors (Lipinski definition) is 1. The second-order valence-corrected chi connectivity index (χ2v) is 8.97. The molecule has 4 rings (SSSR count). The van der Waals surface area contributed by atoms with Crippen LogP contribution in [0.5, 0.6) is 0 Å². The van der Waals surface area contributed by atoms with E-state index in [0.717, 1.165) is 51.4 Å². The first-order chi connectivity index (χ1) is 11.5. The molecule has 0 bridgehead atoms. The average Bonchev–Trinajstić information content (AvgIpc) is 2.92. The largest absolute Gasteiger partial charge is 0.385 e. The van der Waals surface area contributed by atoms with Gasteiger partial charge in [0.1, 0.15) is 0 Å². The Kier molecular flexibility index (Phi) is 4.01. The van der Waals surface area contributed by atoms with Crippen LogP contribution in [0.3, 0.4) is 0 Å². The molecule has 0 spiro atoms. The SMILES string of the molecule is C=C[C@]1(O)CC[C@H]2[C@@H]3CCC4=C(Cl)C(=O)CC[C@@H]4[C@H]3CC[C@@]21CC. The number of rotatable bonds is 2. The fourth-order valence-corrected chi connectivity index (χ4v) is 7.48. The summed E-state index contributed by atoms with van der Waals surface area (Å²) in [4.78, 5) is 12.0. The van der Waals surface area contributed by atoms with Gasteiger partial charge in [-0.3, -0.25) is 4.79 Å². The van der Waals surface area contributed by atoms with Gasteiger partial charge in [-0.15, -0.1) is 6.58 Å². The molecular weight excluding hydrogens is 320 g/mol. The molecule has 0 heterocycles. The van der Waals surface area contributed by atoms with Crippen LogP contribution in [0, 0.1) is 29.1 Å². The van der Waals surface area contributed by atoms with Gasteiger partial charge in [0.25, 0.3) is 0 Å². The molecule has 4 aliphatic rings. The molecule has 4 aliphatic carbocycles. The van der Waals surface area contributed by atoms with Gasteiger partial charge >= 0.3 is 0 Å². The highest BCUT2D eigenvalue weighted by atomic mass is 35.5. The molecule has 6 atom stereocenters. The van der Waals surface area contributed by atoms with E-state index in [1.807, 2.05) is 6.08 Å². The van der Waals surface area contributed by atoms with Crippen LogP contribution in [-0.4, -0.2) is 16.5 Å². The highest BCUT2D eigenvalue weighted by molar-refractivity contribution is 6.43. The van der Waals surface area contributed by atoms with Crippen molar-refractivity contribution in [3.8, 4) is 0 Å². The molecule has 0 aromatic rings. The maximum absolute atomic E-state index is 12.0. The molecule has 3 fully saturated rings. The molecule has 0 amide bonds. The number of carbonyl (C=O) groups excluding carboxylic acids is 1. The Balaban J connectivity index is 1.68. The first-order valence-corrected chi connectivity index (χ1v) is 10.1. The van der Waals surface area contributed by atoms with Gasteiger partial charge in [-0.1, -0.05) is 24.6 Å². The van der Waals surface area contributed by atoms with Crippen LogP contribution < -0.4 is 0 Å². The number of aliphatic hydroxyl groups is 1. The summed E-state index contributed by atoms with van der Waals surface area (Å²) in [7, 11) is 0. The van der Waals surface area contributed by atoms with Crippen molar-refractivity contribution in [2.45, 2.75) is 70.3 Å². The molecular formula is C21H29ClO2. The quantitative estimate of drug-likeness (QED) is 0.713. The molecule has 2 nitrogen and oxygen atoms in total. The molecule has 3 saturated carbocycles. The maximum atomic E-state index is 12.0. The van der Waals surface area contributed by atoms with Gasteiger partial charge in [-0.25, -0.2) is 0 Å². The van der Waals surface area contributed by atoms with Crippen molar-refractivity contribution in [2.75, 3.05) is 0 Å². The van der Waals surface area contributed by atoms with Crippen molar-refractivity contribution in [3.63, 3.8) is 0 Å². The van der Waals surface area contributed by atoms with Crippen LogP contribution in [0.2, 0.25) is 0 Å². The lowest BCUT2D eigenvalue weighted by atomic mass is 9.49. The summed E-state index contributed by atoms with van der Waals surface area (Å²) in [6, 6.07) is 0. The van der Waals surface area contributed by atoms with Crippen LogP contribution in [0.1, 0.15) is 64.7 Å². The van der Waals surface area contributed by atoms with Crippen molar-refractivity contribution in [1.29, 1.82) is 0 Å². The monoisotopic (exact) mass is 348 g/mol. The third kappa shape index (κ3) is 2.02. The number of fused-ring (bicyclic) bond motifs is 5. The minimum absolute atomic E-state index is 0.0193. The van der Waals surface area contributed by atoms with Gasteiger partial charge in [-0.05, 0) is 80.6 Å². The number of hydrogen-bond acceptors (Lipinski definition) is 2. The van der Waals surface area contributed by atoms with Crippen molar-refractivity contribution < 1.29 is 9.90 Å². The van der Waals surface area contributed by atoms with Crippen LogP contribution >= 0.6 is 11.6 Å². The van der Waals surface area contributed by atoms with Crippen molar-refractivity contribution >= 4 is 17.4 Å². The van der Waals surface area contributed by atoms with E-state index >= 15 is 0 Å². The lowest BCUT2D eigenvalue weighted by Crippen LogP contribution is -2.53. The highest BCUT2D eigenvalue weighted by Crippen LogP contribution is 2.66. The van der Waals surface area contributed by atoms with Gasteiger partial charge in [0.15, 0.2) is 5.78 Å². The van der Waals surface area contributed by atoms with Crippen LogP contribution in [0.4, 0.5) is 0 Å². The Morgan fingerprint density at radius 1 is 1.21 bits per heavy atom. The van der Waals surface area contributed by atoms with E-state index in [2.05, 4.69) is 13.5 Å². The fraction of sp³-hybridized carbons (Fsp3) is 0.762. The summed E-state index contributed by atoms with van der Waals surface area (Å²) < 4.78 is 0. The number of halogens is 1. The van der Waals surface area contributed by atoms with E-state index in [0.29, 0.717) is 35.1 Å². The summed E-state index contributed by atoms with van der Waals surface area (Å²) in [6.45, 7) is 6.22. The molecule has 0 aromatic carbocycles.